The predicted octanol–water partition coefficient (Wildman–Crippen LogP) is 0.588. The first-order valence-electron chi connectivity index (χ1n) is 5.58. The minimum absolute atomic E-state index is 0.133. The zero-order valence-electron chi connectivity index (χ0n) is 10.2. The van der Waals surface area contributed by atoms with Gasteiger partial charge in [0.15, 0.2) is 0 Å². The van der Waals surface area contributed by atoms with Crippen molar-refractivity contribution in [1.82, 2.24) is 5.32 Å². The number of aliphatic carboxylic acids is 1. The maximum atomic E-state index is 11.6. The molecule has 0 saturated carbocycles. The molecule has 2 atom stereocenters. The van der Waals surface area contributed by atoms with E-state index < -0.39 is 11.4 Å². The molecular formula is C11H22N2O3. The molecule has 1 amide bonds. The van der Waals surface area contributed by atoms with Crippen LogP contribution in [-0.2, 0) is 9.59 Å². The summed E-state index contributed by atoms with van der Waals surface area (Å²) < 4.78 is 0. The van der Waals surface area contributed by atoms with Crippen LogP contribution in [0.25, 0.3) is 0 Å². The van der Waals surface area contributed by atoms with Gasteiger partial charge in [0, 0.05) is 12.5 Å². The van der Waals surface area contributed by atoms with Gasteiger partial charge in [-0.15, -0.1) is 0 Å². The number of hydrogen-bond acceptors (Lipinski definition) is 3. The van der Waals surface area contributed by atoms with Crippen LogP contribution in [-0.4, -0.2) is 30.1 Å². The topological polar surface area (TPSA) is 92.4 Å². The van der Waals surface area contributed by atoms with E-state index in [0.717, 1.165) is 0 Å². The van der Waals surface area contributed by atoms with E-state index in [4.69, 9.17) is 10.8 Å². The molecule has 94 valence electrons. The molecule has 0 aliphatic rings. The summed E-state index contributed by atoms with van der Waals surface area (Å²) in [5.41, 5.74) is 4.46. The Morgan fingerprint density at radius 1 is 1.50 bits per heavy atom. The highest BCUT2D eigenvalue weighted by molar-refractivity contribution is 5.80. The van der Waals surface area contributed by atoms with Crippen LogP contribution in [0.2, 0.25) is 0 Å². The van der Waals surface area contributed by atoms with E-state index >= 15 is 0 Å². The molecule has 0 fully saturated rings. The molecule has 0 radical (unpaired) electrons. The third kappa shape index (κ3) is 4.18. The first kappa shape index (κ1) is 14.9. The molecule has 0 rings (SSSR count). The number of nitrogens with two attached hydrogens (primary N) is 1. The summed E-state index contributed by atoms with van der Waals surface area (Å²) in [5.74, 6) is -1.19. The zero-order valence-corrected chi connectivity index (χ0v) is 10.2. The molecule has 0 heterocycles. The van der Waals surface area contributed by atoms with Crippen molar-refractivity contribution in [3.63, 3.8) is 0 Å². The average Bonchev–Trinajstić information content (AvgIpc) is 2.25. The van der Waals surface area contributed by atoms with Gasteiger partial charge in [-0.1, -0.05) is 13.8 Å². The fraction of sp³-hybridized carbons (Fsp3) is 0.818. The highest BCUT2D eigenvalue weighted by Gasteiger charge is 2.31. The third-order valence-electron chi connectivity index (χ3n) is 3.00. The van der Waals surface area contributed by atoms with Crippen molar-refractivity contribution < 1.29 is 14.7 Å². The first-order valence-corrected chi connectivity index (χ1v) is 5.58. The highest BCUT2D eigenvalue weighted by Crippen LogP contribution is 2.20. The van der Waals surface area contributed by atoms with Crippen LogP contribution in [0.5, 0.6) is 0 Å². The Bertz CT molecular complexity index is 256. The molecule has 0 bridgehead atoms. The Balaban J connectivity index is 4.22. The second-order valence-electron chi connectivity index (χ2n) is 4.42. The lowest BCUT2D eigenvalue weighted by molar-refractivity contribution is -0.148. The molecule has 0 aliphatic carbocycles. The molecule has 5 nitrogen and oxygen atoms in total. The maximum Gasteiger partial charge on any atom is 0.311 e. The van der Waals surface area contributed by atoms with Crippen molar-refractivity contribution in [2.45, 2.75) is 33.6 Å². The Morgan fingerprint density at radius 2 is 2.06 bits per heavy atom. The van der Waals surface area contributed by atoms with Crippen LogP contribution in [0.3, 0.4) is 0 Å². The SMILES string of the molecule is CCC(C)(CNC(=O)C(C)CCN)C(=O)O. The summed E-state index contributed by atoms with van der Waals surface area (Å²) in [7, 11) is 0. The number of rotatable bonds is 7. The van der Waals surface area contributed by atoms with Crippen molar-refractivity contribution >= 4 is 11.9 Å². The number of carbonyl (C=O) groups excluding carboxylic acids is 1. The summed E-state index contributed by atoms with van der Waals surface area (Å²) in [4.78, 5) is 22.5. The normalized spacial score (nSPS) is 16.2. The third-order valence-corrected chi connectivity index (χ3v) is 3.00. The number of carboxylic acid groups (broad SMARTS) is 1. The molecule has 4 N–H and O–H groups in total. The summed E-state index contributed by atoms with van der Waals surface area (Å²) in [5, 5.41) is 11.7. The molecule has 0 aliphatic heterocycles. The number of hydrogen-bond donors (Lipinski definition) is 3. The Morgan fingerprint density at radius 3 is 2.44 bits per heavy atom. The number of carboxylic acids is 1. The van der Waals surface area contributed by atoms with E-state index in [1.165, 1.54) is 0 Å². The van der Waals surface area contributed by atoms with Crippen molar-refractivity contribution in [2.75, 3.05) is 13.1 Å². The van der Waals surface area contributed by atoms with E-state index in [1.807, 2.05) is 0 Å². The van der Waals surface area contributed by atoms with E-state index in [9.17, 15) is 9.59 Å². The fourth-order valence-electron chi connectivity index (χ4n) is 1.19. The van der Waals surface area contributed by atoms with Crippen molar-refractivity contribution in [1.29, 1.82) is 0 Å². The molecule has 0 aromatic heterocycles. The molecule has 2 unspecified atom stereocenters. The van der Waals surface area contributed by atoms with Crippen molar-refractivity contribution in [3.8, 4) is 0 Å². The summed E-state index contributed by atoms with van der Waals surface area (Å²) in [6.45, 7) is 5.82. The summed E-state index contributed by atoms with van der Waals surface area (Å²) in [6, 6.07) is 0. The van der Waals surface area contributed by atoms with Crippen LogP contribution < -0.4 is 11.1 Å². The Kier molecular flexibility index (Phi) is 6.03. The lowest BCUT2D eigenvalue weighted by Crippen LogP contribution is -2.42. The number of amides is 1. The standard InChI is InChI=1S/C11H22N2O3/c1-4-11(3,10(15)16)7-13-9(14)8(2)5-6-12/h8H,4-7,12H2,1-3H3,(H,13,14)(H,15,16). The monoisotopic (exact) mass is 230 g/mol. The molecule has 0 spiro atoms. The largest absolute Gasteiger partial charge is 0.481 e. The molecular weight excluding hydrogens is 208 g/mol. The van der Waals surface area contributed by atoms with Crippen LogP contribution in [0, 0.1) is 11.3 Å². The minimum atomic E-state index is -0.891. The predicted molar refractivity (Wildman–Crippen MR) is 61.9 cm³/mol. The van der Waals surface area contributed by atoms with Gasteiger partial charge < -0.3 is 16.2 Å². The molecule has 5 heteroatoms. The fourth-order valence-corrected chi connectivity index (χ4v) is 1.19. The molecule has 16 heavy (non-hydrogen) atoms. The second kappa shape index (κ2) is 6.48. The van der Waals surface area contributed by atoms with Crippen LogP contribution >= 0.6 is 0 Å². The van der Waals surface area contributed by atoms with E-state index in [0.29, 0.717) is 19.4 Å². The average molecular weight is 230 g/mol. The number of carbonyl (C=O) groups is 2. The smallest absolute Gasteiger partial charge is 0.311 e. The highest BCUT2D eigenvalue weighted by atomic mass is 16.4. The number of nitrogens with one attached hydrogen (secondary N) is 1. The van der Waals surface area contributed by atoms with E-state index in [1.54, 1.807) is 20.8 Å². The molecule has 0 saturated heterocycles. The van der Waals surface area contributed by atoms with Gasteiger partial charge in [-0.05, 0) is 26.3 Å². The summed E-state index contributed by atoms with van der Waals surface area (Å²) >= 11 is 0. The van der Waals surface area contributed by atoms with E-state index in [2.05, 4.69) is 5.32 Å². The van der Waals surface area contributed by atoms with Crippen molar-refractivity contribution in [2.24, 2.45) is 17.1 Å². The molecule has 0 aromatic carbocycles. The van der Waals surface area contributed by atoms with Gasteiger partial charge in [0.2, 0.25) is 5.91 Å². The Hall–Kier alpha value is -1.10. The summed E-state index contributed by atoms with van der Waals surface area (Å²) in [6.07, 6.45) is 1.09. The van der Waals surface area contributed by atoms with Crippen LogP contribution in [0.1, 0.15) is 33.6 Å². The van der Waals surface area contributed by atoms with Gasteiger partial charge in [0.1, 0.15) is 0 Å². The lowest BCUT2D eigenvalue weighted by atomic mass is 9.87. The lowest BCUT2D eigenvalue weighted by Gasteiger charge is -2.24. The van der Waals surface area contributed by atoms with Gasteiger partial charge in [-0.25, -0.2) is 0 Å². The Labute approximate surface area is 96.4 Å². The van der Waals surface area contributed by atoms with Gasteiger partial charge in [0.05, 0.1) is 5.41 Å². The van der Waals surface area contributed by atoms with Gasteiger partial charge in [-0.2, -0.15) is 0 Å². The van der Waals surface area contributed by atoms with Crippen LogP contribution in [0.4, 0.5) is 0 Å². The second-order valence-corrected chi connectivity index (χ2v) is 4.42. The van der Waals surface area contributed by atoms with Gasteiger partial charge in [0.25, 0.3) is 0 Å². The van der Waals surface area contributed by atoms with Crippen molar-refractivity contribution in [3.05, 3.63) is 0 Å². The quantitative estimate of drug-likeness (QED) is 0.596. The van der Waals surface area contributed by atoms with Gasteiger partial charge >= 0.3 is 5.97 Å². The maximum absolute atomic E-state index is 11.6. The minimum Gasteiger partial charge on any atom is -0.481 e. The van der Waals surface area contributed by atoms with E-state index in [-0.39, 0.29) is 18.4 Å². The first-order chi connectivity index (χ1) is 7.37. The van der Waals surface area contributed by atoms with Gasteiger partial charge in [-0.3, -0.25) is 9.59 Å². The van der Waals surface area contributed by atoms with Crippen LogP contribution in [0.15, 0.2) is 0 Å². The zero-order chi connectivity index (χ0) is 12.8. The molecule has 0 aromatic rings.